The molecule has 0 saturated carbocycles. The second-order valence-corrected chi connectivity index (χ2v) is 7.06. The van der Waals surface area contributed by atoms with E-state index in [1.807, 2.05) is 0 Å². The predicted octanol–water partition coefficient (Wildman–Crippen LogP) is 1.01. The van der Waals surface area contributed by atoms with Crippen LogP contribution in [0.5, 0.6) is 0 Å². The smallest absolute Gasteiger partial charge is 0.147 e. The molecule has 4 heteroatoms. The van der Waals surface area contributed by atoms with Gasteiger partial charge in [-0.2, -0.15) is 0 Å². The molecule has 1 fully saturated rings. The van der Waals surface area contributed by atoms with Crippen LogP contribution in [0.1, 0.15) is 20.8 Å². The molecule has 0 spiro atoms. The van der Waals surface area contributed by atoms with Crippen molar-refractivity contribution in [3.8, 4) is 0 Å². The van der Waals surface area contributed by atoms with Crippen LogP contribution in [0, 0.1) is 11.8 Å². The molecule has 0 radical (unpaired) electrons. The van der Waals surface area contributed by atoms with Crippen LogP contribution in [-0.2, 0) is 9.84 Å². The van der Waals surface area contributed by atoms with Crippen LogP contribution in [0.25, 0.3) is 0 Å². The molecular weight excluding hydrogens is 198 g/mol. The molecule has 1 saturated heterocycles. The molecule has 1 rings (SSSR count). The highest BCUT2D eigenvalue weighted by Gasteiger charge is 2.32. The van der Waals surface area contributed by atoms with Gasteiger partial charge < -0.3 is 4.90 Å². The number of likely N-dealkylation sites (tertiary alicyclic amines) is 1. The summed E-state index contributed by atoms with van der Waals surface area (Å²) in [6, 6.07) is 0.530. The molecule has 3 nitrogen and oxygen atoms in total. The van der Waals surface area contributed by atoms with Crippen LogP contribution < -0.4 is 0 Å². The average molecular weight is 219 g/mol. The molecule has 0 aliphatic carbocycles. The molecule has 14 heavy (non-hydrogen) atoms. The summed E-state index contributed by atoms with van der Waals surface area (Å²) >= 11 is 0. The Morgan fingerprint density at radius 2 is 1.93 bits per heavy atom. The third kappa shape index (κ3) is 3.24. The van der Waals surface area contributed by atoms with Gasteiger partial charge in [0.05, 0.1) is 5.75 Å². The number of rotatable bonds is 3. The van der Waals surface area contributed by atoms with Gasteiger partial charge in [0.2, 0.25) is 0 Å². The van der Waals surface area contributed by atoms with Crippen molar-refractivity contribution in [3.05, 3.63) is 0 Å². The number of nitrogens with zero attached hydrogens (tertiary/aromatic N) is 1. The van der Waals surface area contributed by atoms with Gasteiger partial charge in [0.25, 0.3) is 0 Å². The molecule has 2 atom stereocenters. The van der Waals surface area contributed by atoms with Crippen LogP contribution in [-0.4, -0.2) is 44.5 Å². The fourth-order valence-corrected chi connectivity index (χ4v) is 3.31. The highest BCUT2D eigenvalue weighted by molar-refractivity contribution is 7.90. The zero-order chi connectivity index (χ0) is 10.9. The van der Waals surface area contributed by atoms with E-state index in [0.29, 0.717) is 23.6 Å². The van der Waals surface area contributed by atoms with Gasteiger partial charge >= 0.3 is 0 Å². The molecule has 0 aromatic heterocycles. The van der Waals surface area contributed by atoms with Crippen molar-refractivity contribution >= 4 is 9.84 Å². The van der Waals surface area contributed by atoms with Crippen LogP contribution in [0.4, 0.5) is 0 Å². The molecule has 1 aliphatic heterocycles. The van der Waals surface area contributed by atoms with Gasteiger partial charge in [0.1, 0.15) is 9.84 Å². The maximum atomic E-state index is 11.2. The van der Waals surface area contributed by atoms with Crippen LogP contribution in [0.2, 0.25) is 0 Å². The Balaban J connectivity index is 2.57. The van der Waals surface area contributed by atoms with Gasteiger partial charge in [0, 0.05) is 25.4 Å². The summed E-state index contributed by atoms with van der Waals surface area (Å²) in [6.45, 7) is 8.45. The summed E-state index contributed by atoms with van der Waals surface area (Å²) in [4.78, 5) is 2.36. The fraction of sp³-hybridized carbons (Fsp3) is 1.00. The normalized spacial score (nSPS) is 30.1. The quantitative estimate of drug-likeness (QED) is 0.711. The monoisotopic (exact) mass is 219 g/mol. The highest BCUT2D eigenvalue weighted by atomic mass is 32.2. The van der Waals surface area contributed by atoms with Crippen molar-refractivity contribution in [1.82, 2.24) is 4.90 Å². The lowest BCUT2D eigenvalue weighted by molar-refractivity contribution is 0.264. The maximum absolute atomic E-state index is 11.2. The van der Waals surface area contributed by atoms with Crippen molar-refractivity contribution in [3.63, 3.8) is 0 Å². The minimum atomic E-state index is -2.82. The molecule has 1 heterocycles. The predicted molar refractivity (Wildman–Crippen MR) is 59.1 cm³/mol. The van der Waals surface area contributed by atoms with Gasteiger partial charge in [-0.25, -0.2) is 8.42 Å². The molecule has 2 unspecified atom stereocenters. The lowest BCUT2D eigenvalue weighted by atomic mass is 10.0. The van der Waals surface area contributed by atoms with Crippen LogP contribution >= 0.6 is 0 Å². The molecule has 0 aromatic rings. The average Bonchev–Trinajstić information content (AvgIpc) is 2.29. The Morgan fingerprint density at radius 3 is 2.29 bits per heavy atom. The van der Waals surface area contributed by atoms with Crippen molar-refractivity contribution in [2.24, 2.45) is 11.8 Å². The second kappa shape index (κ2) is 4.19. The minimum Gasteiger partial charge on any atom is -0.300 e. The molecule has 0 amide bonds. The third-order valence-corrected chi connectivity index (χ3v) is 4.08. The minimum absolute atomic E-state index is 0.326. The zero-order valence-corrected chi connectivity index (χ0v) is 10.3. The fourth-order valence-electron chi connectivity index (χ4n) is 2.10. The van der Waals surface area contributed by atoms with Crippen molar-refractivity contribution in [1.29, 1.82) is 0 Å². The molecule has 0 bridgehead atoms. The zero-order valence-electron chi connectivity index (χ0n) is 9.53. The maximum Gasteiger partial charge on any atom is 0.147 e. The Hall–Kier alpha value is -0.0900. The van der Waals surface area contributed by atoms with Gasteiger partial charge in [-0.3, -0.25) is 0 Å². The first-order chi connectivity index (χ1) is 6.29. The SMILES string of the molecule is CC1CN(C(C)C)CC1CS(C)(=O)=O. The highest BCUT2D eigenvalue weighted by Crippen LogP contribution is 2.25. The van der Waals surface area contributed by atoms with E-state index in [-0.39, 0.29) is 0 Å². The van der Waals surface area contributed by atoms with Gasteiger partial charge in [-0.1, -0.05) is 6.92 Å². The first-order valence-electron chi connectivity index (χ1n) is 5.21. The summed E-state index contributed by atoms with van der Waals surface area (Å²) in [5.41, 5.74) is 0. The molecule has 0 N–H and O–H groups in total. The summed E-state index contributed by atoms with van der Waals surface area (Å²) in [7, 11) is -2.82. The van der Waals surface area contributed by atoms with E-state index < -0.39 is 9.84 Å². The van der Waals surface area contributed by atoms with E-state index in [2.05, 4.69) is 25.7 Å². The van der Waals surface area contributed by atoms with Crippen molar-refractivity contribution < 1.29 is 8.42 Å². The Morgan fingerprint density at radius 1 is 1.36 bits per heavy atom. The van der Waals surface area contributed by atoms with Gasteiger partial charge in [0.15, 0.2) is 0 Å². The lowest BCUT2D eigenvalue weighted by Gasteiger charge is -2.19. The topological polar surface area (TPSA) is 37.4 Å². The summed E-state index contributed by atoms with van der Waals surface area (Å²) in [5, 5.41) is 0. The summed E-state index contributed by atoms with van der Waals surface area (Å²) < 4.78 is 22.4. The van der Waals surface area contributed by atoms with Gasteiger partial charge in [-0.05, 0) is 25.7 Å². The molecular formula is C10H21NO2S. The number of hydrogen-bond acceptors (Lipinski definition) is 3. The lowest BCUT2D eigenvalue weighted by Crippen LogP contribution is -2.29. The molecule has 84 valence electrons. The van der Waals surface area contributed by atoms with E-state index in [1.165, 1.54) is 6.26 Å². The van der Waals surface area contributed by atoms with Crippen LogP contribution in [0.3, 0.4) is 0 Å². The van der Waals surface area contributed by atoms with E-state index >= 15 is 0 Å². The van der Waals surface area contributed by atoms with Crippen LogP contribution in [0.15, 0.2) is 0 Å². The van der Waals surface area contributed by atoms with Gasteiger partial charge in [-0.15, -0.1) is 0 Å². The molecule has 0 aromatic carbocycles. The Labute approximate surface area is 87.4 Å². The number of sulfone groups is 1. The largest absolute Gasteiger partial charge is 0.300 e. The first-order valence-corrected chi connectivity index (χ1v) is 7.27. The van der Waals surface area contributed by atoms with E-state index in [1.54, 1.807) is 0 Å². The standard InChI is InChI=1S/C10H21NO2S/c1-8(2)11-5-9(3)10(6-11)7-14(4,12)13/h8-10H,5-7H2,1-4H3. The van der Waals surface area contributed by atoms with Crippen molar-refractivity contribution in [2.75, 3.05) is 25.1 Å². The van der Waals surface area contributed by atoms with Crippen molar-refractivity contribution in [2.45, 2.75) is 26.8 Å². The van der Waals surface area contributed by atoms with E-state index in [9.17, 15) is 8.42 Å². The third-order valence-electron chi connectivity index (χ3n) is 3.04. The first kappa shape index (κ1) is 12.0. The Kier molecular flexibility index (Phi) is 3.58. The molecule has 1 aliphatic rings. The van der Waals surface area contributed by atoms with E-state index in [4.69, 9.17) is 0 Å². The number of hydrogen-bond donors (Lipinski definition) is 0. The second-order valence-electron chi connectivity index (χ2n) is 4.88. The summed E-state index contributed by atoms with van der Waals surface area (Å²) in [5.74, 6) is 1.18. The van der Waals surface area contributed by atoms with E-state index in [0.717, 1.165) is 13.1 Å². The Bertz CT molecular complexity index is 284. The summed E-state index contributed by atoms with van der Waals surface area (Å²) in [6.07, 6.45) is 1.33.